The zero-order valence-electron chi connectivity index (χ0n) is 18.2. The van der Waals surface area contributed by atoms with Crippen molar-refractivity contribution in [2.24, 2.45) is 0 Å². The molecular weight excluding hydrogens is 422 g/mol. The van der Waals surface area contributed by atoms with Crippen LogP contribution in [0.3, 0.4) is 0 Å². The van der Waals surface area contributed by atoms with E-state index in [1.165, 1.54) is 0 Å². The van der Waals surface area contributed by atoms with Gasteiger partial charge in [-0.05, 0) is 45.5 Å². The Morgan fingerprint density at radius 1 is 1.29 bits per heavy atom. The highest BCUT2D eigenvalue weighted by Crippen LogP contribution is 2.39. The lowest BCUT2D eigenvalue weighted by molar-refractivity contribution is -0.122. The molecule has 1 N–H and O–H groups in total. The van der Waals surface area contributed by atoms with Crippen molar-refractivity contribution in [3.63, 3.8) is 0 Å². The van der Waals surface area contributed by atoms with Crippen molar-refractivity contribution in [1.29, 1.82) is 0 Å². The topological polar surface area (TPSA) is 111 Å². The summed E-state index contributed by atoms with van der Waals surface area (Å²) in [7, 11) is 2.80. The number of sulfone groups is 1. The van der Waals surface area contributed by atoms with E-state index >= 15 is 0 Å². The minimum Gasteiger partial charge on any atom is -0.493 e. The van der Waals surface area contributed by atoms with Crippen molar-refractivity contribution >= 4 is 16.3 Å². The third kappa shape index (κ3) is 6.96. The van der Waals surface area contributed by atoms with Crippen LogP contribution in [0.2, 0.25) is 0 Å². The van der Waals surface area contributed by atoms with Gasteiger partial charge >= 0.3 is 0 Å². The molecule has 9 nitrogen and oxygen atoms in total. The molecule has 2 heterocycles. The van der Waals surface area contributed by atoms with Crippen LogP contribution < -0.4 is 9.47 Å². The van der Waals surface area contributed by atoms with Crippen LogP contribution in [-0.4, -0.2) is 80.3 Å². The molecule has 0 spiro atoms. The quantitative estimate of drug-likeness (QED) is 0.479. The summed E-state index contributed by atoms with van der Waals surface area (Å²) in [6.45, 7) is 1.27. The van der Waals surface area contributed by atoms with Gasteiger partial charge in [0.2, 0.25) is 0 Å². The van der Waals surface area contributed by atoms with E-state index < -0.39 is 9.84 Å². The Labute approximate surface area is 183 Å². The Bertz CT molecular complexity index is 928. The first kappa shape index (κ1) is 24.7. The number of hydrogen-bond acceptors (Lipinski definition) is 7. The van der Waals surface area contributed by atoms with E-state index in [4.69, 9.17) is 19.4 Å². The van der Waals surface area contributed by atoms with Gasteiger partial charge in [0.05, 0.1) is 30.8 Å². The van der Waals surface area contributed by atoms with Crippen molar-refractivity contribution in [3.05, 3.63) is 30.6 Å². The second kappa shape index (κ2) is 11.7. The second-order valence-electron chi connectivity index (χ2n) is 7.49. The first-order valence-corrected chi connectivity index (χ1v) is 11.9. The molecule has 0 saturated carbocycles. The number of para-hydroxylation sites is 1. The molecule has 0 atom stereocenters. The van der Waals surface area contributed by atoms with Gasteiger partial charge in [0.15, 0.2) is 11.5 Å². The van der Waals surface area contributed by atoms with Crippen LogP contribution in [0.5, 0.6) is 11.5 Å². The maximum absolute atomic E-state index is 11.8. The fourth-order valence-corrected chi connectivity index (χ4v) is 5.00. The van der Waals surface area contributed by atoms with Crippen LogP contribution in [0.25, 0.3) is 11.4 Å². The standard InChI is InChI=1S/C20H29N3O4S.CH2O2/c1-22(2)11-5-13-27-19-17(6-4-7-18(19)26-3)20-21-10-12-23(20)16-8-14-28(24,25)15-9-16;2-1-3/h4,6-7,10,12,16H,5,8-9,11,13-15H2,1-3H3;1H,(H,2,3). The van der Waals surface area contributed by atoms with Crippen LogP contribution >= 0.6 is 0 Å². The molecule has 0 unspecified atom stereocenters. The number of rotatable bonds is 8. The average molecular weight is 454 g/mol. The fraction of sp³-hybridized carbons (Fsp3) is 0.524. The van der Waals surface area contributed by atoms with E-state index in [1.54, 1.807) is 13.3 Å². The summed E-state index contributed by atoms with van der Waals surface area (Å²) in [5.41, 5.74) is 0.864. The average Bonchev–Trinajstić information content (AvgIpc) is 3.21. The molecular formula is C21H31N3O6S. The zero-order chi connectivity index (χ0) is 22.9. The Morgan fingerprint density at radius 3 is 2.58 bits per heavy atom. The van der Waals surface area contributed by atoms with E-state index in [2.05, 4.69) is 14.5 Å². The highest BCUT2D eigenvalue weighted by Gasteiger charge is 2.27. The van der Waals surface area contributed by atoms with Crippen molar-refractivity contribution in [1.82, 2.24) is 14.5 Å². The van der Waals surface area contributed by atoms with Crippen molar-refractivity contribution < 1.29 is 27.8 Å². The molecule has 0 bridgehead atoms. The van der Waals surface area contributed by atoms with Gasteiger partial charge in [0.25, 0.3) is 6.47 Å². The van der Waals surface area contributed by atoms with Crippen LogP contribution in [0.4, 0.5) is 0 Å². The van der Waals surface area contributed by atoms with Crippen LogP contribution in [0, 0.1) is 0 Å². The number of carboxylic acid groups (broad SMARTS) is 1. The lowest BCUT2D eigenvalue weighted by Crippen LogP contribution is -2.25. The minimum absolute atomic E-state index is 0.119. The molecule has 31 heavy (non-hydrogen) atoms. The third-order valence-corrected chi connectivity index (χ3v) is 6.74. The first-order valence-electron chi connectivity index (χ1n) is 10.1. The molecule has 1 aliphatic heterocycles. The fourth-order valence-electron chi connectivity index (χ4n) is 3.53. The molecule has 1 aromatic heterocycles. The molecule has 0 radical (unpaired) electrons. The smallest absolute Gasteiger partial charge is 0.290 e. The van der Waals surface area contributed by atoms with E-state index in [1.807, 2.05) is 38.5 Å². The molecule has 0 aliphatic carbocycles. The van der Waals surface area contributed by atoms with Crippen molar-refractivity contribution in [2.75, 3.05) is 45.9 Å². The Kier molecular flexibility index (Phi) is 9.32. The molecule has 1 fully saturated rings. The molecule has 1 saturated heterocycles. The van der Waals surface area contributed by atoms with Gasteiger partial charge in [-0.2, -0.15) is 0 Å². The van der Waals surface area contributed by atoms with Crippen LogP contribution in [0.1, 0.15) is 25.3 Å². The van der Waals surface area contributed by atoms with Gasteiger partial charge in [0.1, 0.15) is 15.7 Å². The van der Waals surface area contributed by atoms with Gasteiger partial charge in [0, 0.05) is 25.0 Å². The lowest BCUT2D eigenvalue weighted by atomic mass is 10.1. The predicted molar refractivity (Wildman–Crippen MR) is 118 cm³/mol. The maximum Gasteiger partial charge on any atom is 0.290 e. The Balaban J connectivity index is 0.00000107. The largest absolute Gasteiger partial charge is 0.493 e. The van der Waals surface area contributed by atoms with E-state index in [0.29, 0.717) is 30.9 Å². The Morgan fingerprint density at radius 2 is 1.97 bits per heavy atom. The van der Waals surface area contributed by atoms with Gasteiger partial charge in [-0.25, -0.2) is 13.4 Å². The maximum atomic E-state index is 11.8. The number of ether oxygens (including phenoxy) is 2. The molecule has 1 aliphatic rings. The normalized spacial score (nSPS) is 15.7. The molecule has 10 heteroatoms. The Hall–Kier alpha value is -2.59. The monoisotopic (exact) mass is 453 g/mol. The SMILES string of the molecule is COc1cccc(-c2nccn2C2CCS(=O)(=O)CC2)c1OCCCN(C)C.O=CO. The second-order valence-corrected chi connectivity index (χ2v) is 9.79. The van der Waals surface area contributed by atoms with E-state index in [0.717, 1.165) is 24.4 Å². The summed E-state index contributed by atoms with van der Waals surface area (Å²) in [5, 5.41) is 6.89. The van der Waals surface area contributed by atoms with E-state index in [-0.39, 0.29) is 24.0 Å². The summed E-state index contributed by atoms with van der Waals surface area (Å²) < 4.78 is 37.3. The number of benzene rings is 1. The van der Waals surface area contributed by atoms with Gasteiger partial charge in [-0.3, -0.25) is 4.79 Å². The highest BCUT2D eigenvalue weighted by molar-refractivity contribution is 7.91. The summed E-state index contributed by atoms with van der Waals surface area (Å²) >= 11 is 0. The number of imidazole rings is 1. The number of aromatic nitrogens is 2. The van der Waals surface area contributed by atoms with Crippen molar-refractivity contribution in [2.45, 2.75) is 25.3 Å². The zero-order valence-corrected chi connectivity index (χ0v) is 19.0. The summed E-state index contributed by atoms with van der Waals surface area (Å²) in [4.78, 5) is 15.0. The number of carbonyl (C=O) groups is 1. The van der Waals surface area contributed by atoms with E-state index in [9.17, 15) is 8.42 Å². The van der Waals surface area contributed by atoms with Crippen molar-refractivity contribution in [3.8, 4) is 22.9 Å². The van der Waals surface area contributed by atoms with Crippen LogP contribution in [-0.2, 0) is 14.6 Å². The minimum atomic E-state index is -2.91. The number of hydrogen-bond donors (Lipinski definition) is 1. The molecule has 2 aromatic rings. The lowest BCUT2D eigenvalue weighted by Gasteiger charge is -2.25. The molecule has 0 amide bonds. The van der Waals surface area contributed by atoms with Gasteiger partial charge < -0.3 is 24.0 Å². The molecule has 3 rings (SSSR count). The third-order valence-electron chi connectivity index (χ3n) is 5.02. The summed E-state index contributed by atoms with van der Waals surface area (Å²) in [6, 6.07) is 5.90. The highest BCUT2D eigenvalue weighted by atomic mass is 32.2. The molecule has 172 valence electrons. The van der Waals surface area contributed by atoms with Gasteiger partial charge in [-0.15, -0.1) is 0 Å². The number of nitrogens with zero attached hydrogens (tertiary/aromatic N) is 3. The predicted octanol–water partition coefficient (Wildman–Crippen LogP) is 2.34. The van der Waals surface area contributed by atoms with Gasteiger partial charge in [-0.1, -0.05) is 6.07 Å². The molecule has 1 aromatic carbocycles. The van der Waals surface area contributed by atoms with Crippen LogP contribution in [0.15, 0.2) is 30.6 Å². The first-order chi connectivity index (χ1) is 14.8. The summed E-state index contributed by atoms with van der Waals surface area (Å²) in [5.74, 6) is 2.58. The summed E-state index contributed by atoms with van der Waals surface area (Å²) in [6.07, 6.45) is 5.80. The number of methoxy groups -OCH3 is 1.